The molecule has 0 radical (unpaired) electrons. The van der Waals surface area contributed by atoms with E-state index in [4.69, 9.17) is 4.74 Å². The van der Waals surface area contributed by atoms with Crippen LogP contribution >= 0.6 is 24.0 Å². The average Bonchev–Trinajstić information content (AvgIpc) is 2.73. The van der Waals surface area contributed by atoms with Gasteiger partial charge in [0.15, 0.2) is 5.96 Å². The van der Waals surface area contributed by atoms with Crippen molar-refractivity contribution < 1.29 is 9.53 Å². The second kappa shape index (κ2) is 13.3. The molecule has 1 fully saturated rings. The fraction of sp³-hybridized carbons (Fsp3) is 0.667. The molecular weight excluding hydrogens is 503 g/mol. The van der Waals surface area contributed by atoms with Crippen LogP contribution in [0.1, 0.15) is 69.8 Å². The molecule has 31 heavy (non-hydrogen) atoms. The van der Waals surface area contributed by atoms with Gasteiger partial charge in [-0.15, -0.1) is 24.0 Å². The molecule has 0 aliphatic carbocycles. The van der Waals surface area contributed by atoms with E-state index in [-0.39, 0.29) is 47.4 Å². The number of nitrogens with zero attached hydrogens (tertiary/aromatic N) is 1. The molecule has 1 saturated heterocycles. The third kappa shape index (κ3) is 8.96. The molecule has 3 N–H and O–H groups in total. The Balaban J connectivity index is 0.00000480. The van der Waals surface area contributed by atoms with Crippen LogP contribution in [0.5, 0.6) is 0 Å². The molecule has 7 heteroatoms. The average molecular weight is 545 g/mol. The summed E-state index contributed by atoms with van der Waals surface area (Å²) in [6.07, 6.45) is 3.44. The molecule has 1 aliphatic heterocycles. The zero-order chi connectivity index (χ0) is 22.1. The first-order valence-corrected chi connectivity index (χ1v) is 11.2. The summed E-state index contributed by atoms with van der Waals surface area (Å²) >= 11 is 0. The lowest BCUT2D eigenvalue weighted by molar-refractivity contribution is -0.0835. The van der Waals surface area contributed by atoms with Crippen LogP contribution in [-0.4, -0.2) is 44.2 Å². The SMILES string of the molecule is CCC(C)NC(=O)c1cccc(CNC(=NC)NCC2CCCOC2C(C)(C)C)c1.I. The van der Waals surface area contributed by atoms with Gasteiger partial charge in [0.1, 0.15) is 0 Å². The van der Waals surface area contributed by atoms with E-state index in [0.717, 1.165) is 37.5 Å². The highest BCUT2D eigenvalue weighted by Crippen LogP contribution is 2.33. The van der Waals surface area contributed by atoms with Crippen molar-refractivity contribution in [1.82, 2.24) is 16.0 Å². The van der Waals surface area contributed by atoms with Gasteiger partial charge in [0.2, 0.25) is 0 Å². The summed E-state index contributed by atoms with van der Waals surface area (Å²) in [5.41, 5.74) is 1.85. The van der Waals surface area contributed by atoms with Crippen LogP contribution in [0.4, 0.5) is 0 Å². The Morgan fingerprint density at radius 3 is 2.68 bits per heavy atom. The number of rotatable bonds is 7. The number of amides is 1. The van der Waals surface area contributed by atoms with E-state index in [1.54, 1.807) is 7.05 Å². The number of ether oxygens (including phenoxy) is 1. The Morgan fingerprint density at radius 1 is 1.29 bits per heavy atom. The monoisotopic (exact) mass is 544 g/mol. The first-order chi connectivity index (χ1) is 14.2. The standard InChI is InChI=1S/C24H40N4O2.HI/c1-7-17(2)28-22(29)19-11-8-10-18(14-19)15-26-23(25-6)27-16-20-12-9-13-30-21(20)24(3,4)5;/h8,10-11,14,17,20-21H,7,9,12-13,15-16H2,1-6H3,(H,28,29)(H2,25,26,27);1H. The van der Waals surface area contributed by atoms with Gasteiger partial charge in [0.05, 0.1) is 6.10 Å². The van der Waals surface area contributed by atoms with Gasteiger partial charge in [-0.05, 0) is 49.3 Å². The minimum atomic E-state index is -0.0285. The van der Waals surface area contributed by atoms with Gasteiger partial charge in [-0.3, -0.25) is 9.79 Å². The minimum absolute atomic E-state index is 0. The van der Waals surface area contributed by atoms with E-state index in [1.165, 1.54) is 6.42 Å². The second-order valence-corrected chi connectivity index (χ2v) is 9.35. The number of halogens is 1. The Bertz CT molecular complexity index is 718. The first-order valence-electron chi connectivity index (χ1n) is 11.2. The summed E-state index contributed by atoms with van der Waals surface area (Å²) in [5, 5.41) is 9.84. The van der Waals surface area contributed by atoms with Crippen LogP contribution < -0.4 is 16.0 Å². The number of benzene rings is 1. The van der Waals surface area contributed by atoms with Gasteiger partial charge in [-0.2, -0.15) is 0 Å². The van der Waals surface area contributed by atoms with Crippen molar-refractivity contribution in [2.75, 3.05) is 20.2 Å². The fourth-order valence-electron chi connectivity index (χ4n) is 3.88. The summed E-state index contributed by atoms with van der Waals surface area (Å²) in [6.45, 7) is 13.1. The molecule has 1 aromatic rings. The molecule has 176 valence electrons. The number of aliphatic imine (C=N–C) groups is 1. The van der Waals surface area contributed by atoms with Crippen molar-refractivity contribution in [3.8, 4) is 0 Å². The molecule has 6 nitrogen and oxygen atoms in total. The van der Waals surface area contributed by atoms with Crippen LogP contribution in [0.2, 0.25) is 0 Å². The molecule has 1 aliphatic rings. The molecule has 0 saturated carbocycles. The van der Waals surface area contributed by atoms with Gasteiger partial charge in [0.25, 0.3) is 5.91 Å². The highest BCUT2D eigenvalue weighted by molar-refractivity contribution is 14.0. The lowest BCUT2D eigenvalue weighted by atomic mass is 9.78. The molecule has 0 spiro atoms. The van der Waals surface area contributed by atoms with Gasteiger partial charge in [0, 0.05) is 44.3 Å². The number of carbonyl (C=O) groups is 1. The summed E-state index contributed by atoms with van der Waals surface area (Å²) in [6, 6.07) is 7.90. The number of hydrogen-bond donors (Lipinski definition) is 3. The summed E-state index contributed by atoms with van der Waals surface area (Å²) in [4.78, 5) is 16.7. The lowest BCUT2D eigenvalue weighted by Gasteiger charge is -2.40. The summed E-state index contributed by atoms with van der Waals surface area (Å²) in [7, 11) is 1.78. The van der Waals surface area contributed by atoms with Crippen LogP contribution in [0, 0.1) is 11.3 Å². The van der Waals surface area contributed by atoms with E-state index in [1.807, 2.05) is 31.2 Å². The first kappa shape index (κ1) is 27.7. The maximum absolute atomic E-state index is 12.4. The number of carbonyl (C=O) groups excluding carboxylic acids is 1. The normalized spacial score (nSPS) is 20.4. The zero-order valence-corrected chi connectivity index (χ0v) is 22.3. The largest absolute Gasteiger partial charge is 0.377 e. The number of guanidine groups is 1. The maximum Gasteiger partial charge on any atom is 0.251 e. The van der Waals surface area contributed by atoms with Gasteiger partial charge in [-0.1, -0.05) is 39.8 Å². The Morgan fingerprint density at radius 2 is 2.03 bits per heavy atom. The van der Waals surface area contributed by atoms with Crippen molar-refractivity contribution in [3.05, 3.63) is 35.4 Å². The van der Waals surface area contributed by atoms with E-state index < -0.39 is 0 Å². The fourth-order valence-corrected chi connectivity index (χ4v) is 3.88. The lowest BCUT2D eigenvalue weighted by Crippen LogP contribution is -2.47. The van der Waals surface area contributed by atoms with Gasteiger partial charge in [-0.25, -0.2) is 0 Å². The number of hydrogen-bond acceptors (Lipinski definition) is 3. The molecule has 2 rings (SSSR count). The van der Waals surface area contributed by atoms with Gasteiger partial charge >= 0.3 is 0 Å². The quantitative estimate of drug-likeness (QED) is 0.271. The second-order valence-electron chi connectivity index (χ2n) is 9.35. The zero-order valence-electron chi connectivity index (χ0n) is 20.0. The smallest absolute Gasteiger partial charge is 0.251 e. The van der Waals surface area contributed by atoms with Gasteiger partial charge < -0.3 is 20.7 Å². The van der Waals surface area contributed by atoms with Crippen molar-refractivity contribution >= 4 is 35.8 Å². The molecule has 1 heterocycles. The topological polar surface area (TPSA) is 74.8 Å². The molecule has 3 atom stereocenters. The third-order valence-electron chi connectivity index (χ3n) is 5.69. The van der Waals surface area contributed by atoms with E-state index in [9.17, 15) is 4.79 Å². The summed E-state index contributed by atoms with van der Waals surface area (Å²) < 4.78 is 6.08. The van der Waals surface area contributed by atoms with Crippen LogP contribution in [0.3, 0.4) is 0 Å². The summed E-state index contributed by atoms with van der Waals surface area (Å²) in [5.74, 6) is 1.20. The molecule has 0 bridgehead atoms. The minimum Gasteiger partial charge on any atom is -0.377 e. The maximum atomic E-state index is 12.4. The predicted octanol–water partition coefficient (Wildman–Crippen LogP) is 4.34. The molecule has 1 aromatic carbocycles. The molecule has 0 aromatic heterocycles. The molecule has 3 unspecified atom stereocenters. The Hall–Kier alpha value is -1.35. The van der Waals surface area contributed by atoms with E-state index >= 15 is 0 Å². The number of nitrogens with one attached hydrogen (secondary N) is 3. The molecular formula is C24H41IN4O2. The van der Waals surface area contributed by atoms with E-state index in [2.05, 4.69) is 48.6 Å². The highest BCUT2D eigenvalue weighted by atomic mass is 127. The highest BCUT2D eigenvalue weighted by Gasteiger charge is 2.35. The van der Waals surface area contributed by atoms with E-state index in [0.29, 0.717) is 18.0 Å². The Kier molecular flexibility index (Phi) is 11.8. The van der Waals surface area contributed by atoms with Crippen molar-refractivity contribution in [2.45, 2.75) is 72.6 Å². The Labute approximate surface area is 205 Å². The van der Waals surface area contributed by atoms with Crippen molar-refractivity contribution in [2.24, 2.45) is 16.3 Å². The van der Waals surface area contributed by atoms with Crippen molar-refractivity contribution in [1.29, 1.82) is 0 Å². The van der Waals surface area contributed by atoms with Crippen LogP contribution in [0.25, 0.3) is 0 Å². The predicted molar refractivity (Wildman–Crippen MR) is 139 cm³/mol. The van der Waals surface area contributed by atoms with Crippen LogP contribution in [0.15, 0.2) is 29.3 Å². The van der Waals surface area contributed by atoms with Crippen molar-refractivity contribution in [3.63, 3.8) is 0 Å². The third-order valence-corrected chi connectivity index (χ3v) is 5.69. The molecule has 1 amide bonds. The van der Waals surface area contributed by atoms with Crippen LogP contribution in [-0.2, 0) is 11.3 Å².